The number of aromatic carboxylic acids is 1. The van der Waals surface area contributed by atoms with Crippen molar-refractivity contribution in [1.82, 2.24) is 0 Å². The molecule has 0 unspecified atom stereocenters. The minimum absolute atomic E-state index is 0.247. The summed E-state index contributed by atoms with van der Waals surface area (Å²) in [6.07, 6.45) is 0. The van der Waals surface area contributed by atoms with Crippen LogP contribution < -0.4 is 4.74 Å². The van der Waals surface area contributed by atoms with Crippen molar-refractivity contribution in [2.24, 2.45) is 0 Å². The first-order chi connectivity index (χ1) is 9.20. The van der Waals surface area contributed by atoms with Gasteiger partial charge in [0.05, 0.1) is 5.56 Å². The third kappa shape index (κ3) is 3.70. The van der Waals surface area contributed by atoms with E-state index >= 15 is 0 Å². The monoisotopic (exact) mass is 368 g/mol. The van der Waals surface area contributed by atoms with Crippen LogP contribution in [0.3, 0.4) is 0 Å². The minimum Gasteiger partial charge on any atom is -0.489 e. The first-order valence-corrected chi connectivity index (χ1v) is 7.32. The molecule has 0 aliphatic carbocycles. The number of hydrogen-bond donors (Lipinski definition) is 1. The fraction of sp³-hybridized carbons (Fsp3) is 0.133. The van der Waals surface area contributed by atoms with E-state index in [1.165, 1.54) is 0 Å². The highest BCUT2D eigenvalue weighted by Crippen LogP contribution is 2.24. The molecule has 0 bridgehead atoms. The van der Waals surface area contributed by atoms with E-state index in [0.29, 0.717) is 12.4 Å². The average molecular weight is 368 g/mol. The summed E-state index contributed by atoms with van der Waals surface area (Å²) < 4.78 is 6.52. The summed E-state index contributed by atoms with van der Waals surface area (Å²) >= 11 is 2.23. The van der Waals surface area contributed by atoms with Gasteiger partial charge in [0.1, 0.15) is 12.4 Å². The Balaban J connectivity index is 2.18. The van der Waals surface area contributed by atoms with Gasteiger partial charge in [-0.3, -0.25) is 0 Å². The standard InChI is InChI=1S/C15H13IO3/c16-9-13-7-6-12(15(17)18)8-14(13)19-10-11-4-2-1-3-5-11/h1-8H,9-10H2,(H,17,18). The number of halogens is 1. The van der Waals surface area contributed by atoms with E-state index in [9.17, 15) is 4.79 Å². The third-order valence-corrected chi connectivity index (χ3v) is 3.52. The highest BCUT2D eigenvalue weighted by molar-refractivity contribution is 14.1. The lowest BCUT2D eigenvalue weighted by Gasteiger charge is -2.11. The van der Waals surface area contributed by atoms with Crippen molar-refractivity contribution < 1.29 is 14.6 Å². The highest BCUT2D eigenvalue weighted by Gasteiger charge is 2.09. The summed E-state index contributed by atoms with van der Waals surface area (Å²) in [6, 6.07) is 14.8. The van der Waals surface area contributed by atoms with Crippen LogP contribution in [-0.4, -0.2) is 11.1 Å². The molecule has 0 aromatic heterocycles. The van der Waals surface area contributed by atoms with Gasteiger partial charge < -0.3 is 9.84 Å². The zero-order valence-electron chi connectivity index (χ0n) is 10.2. The maximum atomic E-state index is 11.0. The van der Waals surface area contributed by atoms with Crippen LogP contribution in [0.5, 0.6) is 5.75 Å². The van der Waals surface area contributed by atoms with Gasteiger partial charge in [0.15, 0.2) is 0 Å². The van der Waals surface area contributed by atoms with Crippen molar-refractivity contribution in [2.45, 2.75) is 11.0 Å². The molecule has 0 saturated carbocycles. The zero-order chi connectivity index (χ0) is 13.7. The Morgan fingerprint density at radius 2 is 1.89 bits per heavy atom. The molecule has 2 aromatic carbocycles. The van der Waals surface area contributed by atoms with Crippen molar-refractivity contribution >= 4 is 28.6 Å². The Kier molecular flexibility index (Phi) is 4.79. The summed E-state index contributed by atoms with van der Waals surface area (Å²) in [5.41, 5.74) is 2.31. The van der Waals surface area contributed by atoms with Crippen LogP contribution in [0, 0.1) is 0 Å². The van der Waals surface area contributed by atoms with Gasteiger partial charge in [0.25, 0.3) is 0 Å². The maximum Gasteiger partial charge on any atom is 0.335 e. The van der Waals surface area contributed by atoms with Gasteiger partial charge in [0, 0.05) is 9.99 Å². The normalized spacial score (nSPS) is 10.2. The summed E-state index contributed by atoms with van der Waals surface area (Å²) in [4.78, 5) is 11.0. The average Bonchev–Trinajstić information content (AvgIpc) is 2.45. The zero-order valence-corrected chi connectivity index (χ0v) is 12.3. The lowest BCUT2D eigenvalue weighted by molar-refractivity contribution is 0.0696. The fourth-order valence-corrected chi connectivity index (χ4v) is 2.30. The molecule has 19 heavy (non-hydrogen) atoms. The number of ether oxygens (including phenoxy) is 1. The Hall–Kier alpha value is -1.56. The lowest BCUT2D eigenvalue weighted by Crippen LogP contribution is -2.01. The topological polar surface area (TPSA) is 46.5 Å². The van der Waals surface area contributed by atoms with Crippen LogP contribution in [0.1, 0.15) is 21.5 Å². The minimum atomic E-state index is -0.940. The molecule has 0 fully saturated rings. The molecule has 0 aliphatic rings. The molecular formula is C15H13IO3. The Bertz CT molecular complexity index is 567. The molecule has 0 radical (unpaired) electrons. The van der Waals surface area contributed by atoms with Gasteiger partial charge in [-0.25, -0.2) is 4.79 Å². The molecule has 4 heteroatoms. The van der Waals surface area contributed by atoms with Gasteiger partial charge in [-0.15, -0.1) is 0 Å². The number of alkyl halides is 1. The molecule has 2 rings (SSSR count). The van der Waals surface area contributed by atoms with Gasteiger partial charge in [-0.1, -0.05) is 59.0 Å². The summed E-state index contributed by atoms with van der Waals surface area (Å²) in [5, 5.41) is 9.00. The second kappa shape index (κ2) is 6.56. The number of carbonyl (C=O) groups is 1. The molecule has 3 nitrogen and oxygen atoms in total. The molecule has 2 aromatic rings. The van der Waals surface area contributed by atoms with Crippen LogP contribution in [0.4, 0.5) is 0 Å². The molecule has 0 atom stereocenters. The Morgan fingerprint density at radius 1 is 1.16 bits per heavy atom. The number of carboxylic acid groups (broad SMARTS) is 1. The summed E-state index contributed by atoms with van der Waals surface area (Å²) in [5.74, 6) is -0.303. The highest BCUT2D eigenvalue weighted by atomic mass is 127. The van der Waals surface area contributed by atoms with E-state index in [4.69, 9.17) is 9.84 Å². The summed E-state index contributed by atoms with van der Waals surface area (Å²) in [6.45, 7) is 0.438. The van der Waals surface area contributed by atoms with Gasteiger partial charge in [-0.2, -0.15) is 0 Å². The first-order valence-electron chi connectivity index (χ1n) is 5.79. The van der Waals surface area contributed by atoms with E-state index in [0.717, 1.165) is 15.6 Å². The molecule has 1 N–H and O–H groups in total. The van der Waals surface area contributed by atoms with Crippen molar-refractivity contribution in [3.63, 3.8) is 0 Å². The number of benzene rings is 2. The third-order valence-electron chi connectivity index (χ3n) is 2.70. The SMILES string of the molecule is O=C(O)c1ccc(CI)c(OCc2ccccc2)c1. The smallest absolute Gasteiger partial charge is 0.335 e. The maximum absolute atomic E-state index is 11.0. The number of hydrogen-bond acceptors (Lipinski definition) is 2. The van der Waals surface area contributed by atoms with E-state index in [1.54, 1.807) is 18.2 Å². The van der Waals surface area contributed by atoms with Crippen molar-refractivity contribution in [1.29, 1.82) is 0 Å². The quantitative estimate of drug-likeness (QED) is 0.643. The van der Waals surface area contributed by atoms with Crippen LogP contribution in [0.25, 0.3) is 0 Å². The van der Waals surface area contributed by atoms with Gasteiger partial charge >= 0.3 is 5.97 Å². The molecule has 0 spiro atoms. The summed E-state index contributed by atoms with van der Waals surface area (Å²) in [7, 11) is 0. The van der Waals surface area contributed by atoms with E-state index in [1.807, 2.05) is 30.3 Å². The molecule has 98 valence electrons. The Morgan fingerprint density at radius 3 is 2.53 bits per heavy atom. The predicted molar refractivity (Wildman–Crippen MR) is 81.9 cm³/mol. The first kappa shape index (κ1) is 13.9. The number of rotatable bonds is 5. The van der Waals surface area contributed by atoms with E-state index in [-0.39, 0.29) is 5.56 Å². The van der Waals surface area contributed by atoms with Crippen molar-refractivity contribution in [2.75, 3.05) is 0 Å². The van der Waals surface area contributed by atoms with Crippen LogP contribution in [0.15, 0.2) is 48.5 Å². The van der Waals surface area contributed by atoms with Gasteiger partial charge in [-0.05, 0) is 17.7 Å². The number of carboxylic acids is 1. The van der Waals surface area contributed by atoms with E-state index < -0.39 is 5.97 Å². The second-order valence-electron chi connectivity index (χ2n) is 4.04. The van der Waals surface area contributed by atoms with E-state index in [2.05, 4.69) is 22.6 Å². The lowest BCUT2D eigenvalue weighted by atomic mass is 10.1. The van der Waals surface area contributed by atoms with Crippen LogP contribution >= 0.6 is 22.6 Å². The van der Waals surface area contributed by atoms with Gasteiger partial charge in [0.2, 0.25) is 0 Å². The fourth-order valence-electron chi connectivity index (χ4n) is 1.67. The van der Waals surface area contributed by atoms with Crippen LogP contribution in [-0.2, 0) is 11.0 Å². The van der Waals surface area contributed by atoms with Crippen molar-refractivity contribution in [3.05, 3.63) is 65.2 Å². The van der Waals surface area contributed by atoms with Crippen molar-refractivity contribution in [3.8, 4) is 5.75 Å². The molecular weight excluding hydrogens is 355 g/mol. The predicted octanol–water partition coefficient (Wildman–Crippen LogP) is 3.90. The van der Waals surface area contributed by atoms with Crippen LogP contribution in [0.2, 0.25) is 0 Å². The Labute approximate surface area is 125 Å². The second-order valence-corrected chi connectivity index (χ2v) is 4.80. The largest absolute Gasteiger partial charge is 0.489 e. The molecule has 0 saturated heterocycles. The molecule has 0 amide bonds. The molecule has 0 heterocycles. The molecule has 0 aliphatic heterocycles.